The predicted molar refractivity (Wildman–Crippen MR) is 86.0 cm³/mol. The van der Waals surface area contributed by atoms with Crippen LogP contribution in [-0.4, -0.2) is 41.0 Å². The number of Topliss-reactive ketones (excluding diaryl/α,β-unsaturated/α-hetero) is 1. The number of carboxylic acid groups (broad SMARTS) is 1. The van der Waals surface area contributed by atoms with Crippen LogP contribution in [0, 0.1) is 5.41 Å². The molecule has 1 saturated carbocycles. The highest BCUT2D eigenvalue weighted by Gasteiger charge is 2.66. The third-order valence-electron chi connectivity index (χ3n) is 4.69. The van der Waals surface area contributed by atoms with Gasteiger partial charge < -0.3 is 15.2 Å². The first kappa shape index (κ1) is 17.6. The molecule has 0 spiro atoms. The third kappa shape index (κ3) is 2.79. The Hall–Kier alpha value is -1.73. The van der Waals surface area contributed by atoms with E-state index in [1.165, 1.54) is 13.0 Å². The molecule has 0 aliphatic heterocycles. The number of hydrogen-bond acceptors (Lipinski definition) is 5. The summed E-state index contributed by atoms with van der Waals surface area (Å²) >= 11 is 1.13. The molecule has 0 radical (unpaired) electrons. The van der Waals surface area contributed by atoms with Crippen molar-refractivity contribution in [3.63, 3.8) is 0 Å². The van der Waals surface area contributed by atoms with Gasteiger partial charge in [-0.15, -0.1) is 11.3 Å². The molecule has 0 bridgehead atoms. The smallest absolute Gasteiger partial charge is 0.330 e. The van der Waals surface area contributed by atoms with Crippen LogP contribution in [0.2, 0.25) is 0 Å². The van der Waals surface area contributed by atoms with Crippen LogP contribution >= 0.6 is 11.3 Å². The summed E-state index contributed by atoms with van der Waals surface area (Å²) in [5, 5.41) is 13.9. The molecule has 7 heteroatoms. The van der Waals surface area contributed by atoms with Crippen LogP contribution in [0.1, 0.15) is 54.1 Å². The second kappa shape index (κ2) is 6.05. The first-order valence-electron chi connectivity index (χ1n) is 7.42. The number of carboxylic acids is 1. The van der Waals surface area contributed by atoms with Gasteiger partial charge in [-0.3, -0.25) is 9.59 Å². The summed E-state index contributed by atoms with van der Waals surface area (Å²) in [6, 6.07) is 1.49. The molecule has 126 valence electrons. The van der Waals surface area contributed by atoms with Crippen molar-refractivity contribution >= 4 is 29.0 Å². The number of thiophene rings is 1. The Labute approximate surface area is 138 Å². The minimum absolute atomic E-state index is 0.131. The fourth-order valence-electron chi connectivity index (χ4n) is 2.93. The first-order valence-corrected chi connectivity index (χ1v) is 8.30. The molecule has 23 heavy (non-hydrogen) atoms. The molecule has 2 atom stereocenters. The van der Waals surface area contributed by atoms with E-state index < -0.39 is 22.8 Å². The zero-order valence-corrected chi connectivity index (χ0v) is 14.5. The van der Waals surface area contributed by atoms with E-state index in [0.29, 0.717) is 17.0 Å². The van der Waals surface area contributed by atoms with Gasteiger partial charge in [0.05, 0.1) is 11.0 Å². The van der Waals surface area contributed by atoms with E-state index in [2.05, 4.69) is 5.32 Å². The summed E-state index contributed by atoms with van der Waals surface area (Å²) in [6.07, 6.45) is -0.000130. The summed E-state index contributed by atoms with van der Waals surface area (Å²) in [5.74, 6) is -1.68. The fraction of sp³-hybridized carbons (Fsp3) is 0.562. The van der Waals surface area contributed by atoms with E-state index in [-0.39, 0.29) is 18.3 Å². The molecule has 0 saturated heterocycles. The van der Waals surface area contributed by atoms with Crippen molar-refractivity contribution in [3.8, 4) is 0 Å². The van der Waals surface area contributed by atoms with Gasteiger partial charge >= 0.3 is 5.97 Å². The van der Waals surface area contributed by atoms with E-state index in [1.54, 1.807) is 19.2 Å². The summed E-state index contributed by atoms with van der Waals surface area (Å²) in [4.78, 5) is 35.9. The minimum Gasteiger partial charge on any atom is -0.479 e. The standard InChI is InChI=1S/C16H21NO5S/c1-5-22-12-7-16(14(20)21,15(12,3)4)17-13(19)11-6-10(8-23-11)9(2)18/h6,8,12H,5,7H2,1-4H3,(H,17,19)(H,20,21). The van der Waals surface area contributed by atoms with Crippen LogP contribution in [0.4, 0.5) is 0 Å². The average molecular weight is 339 g/mol. The van der Waals surface area contributed by atoms with Crippen LogP contribution in [0.5, 0.6) is 0 Å². The third-order valence-corrected chi connectivity index (χ3v) is 5.62. The number of carbonyl (C=O) groups excluding carboxylic acids is 2. The molecular formula is C16H21NO5S. The summed E-state index contributed by atoms with van der Waals surface area (Å²) in [7, 11) is 0. The molecule has 1 aliphatic rings. The van der Waals surface area contributed by atoms with Crippen molar-refractivity contribution in [2.45, 2.75) is 45.8 Å². The second-order valence-electron chi connectivity index (χ2n) is 6.29. The first-order chi connectivity index (χ1) is 10.7. The van der Waals surface area contributed by atoms with Crippen molar-refractivity contribution in [2.75, 3.05) is 6.61 Å². The van der Waals surface area contributed by atoms with Gasteiger partial charge in [0.1, 0.15) is 5.54 Å². The van der Waals surface area contributed by atoms with Crippen molar-refractivity contribution in [2.24, 2.45) is 5.41 Å². The number of amides is 1. The number of carbonyl (C=O) groups is 3. The normalized spacial score (nSPS) is 25.5. The highest BCUT2D eigenvalue weighted by molar-refractivity contribution is 7.12. The lowest BCUT2D eigenvalue weighted by Gasteiger charge is -2.58. The van der Waals surface area contributed by atoms with Gasteiger partial charge in [0, 0.05) is 29.4 Å². The highest BCUT2D eigenvalue weighted by atomic mass is 32.1. The Morgan fingerprint density at radius 3 is 2.52 bits per heavy atom. The molecule has 6 nitrogen and oxygen atoms in total. The maximum Gasteiger partial charge on any atom is 0.330 e. The molecule has 1 aliphatic carbocycles. The second-order valence-corrected chi connectivity index (χ2v) is 7.20. The maximum absolute atomic E-state index is 12.4. The number of nitrogens with one attached hydrogen (secondary N) is 1. The van der Waals surface area contributed by atoms with Crippen LogP contribution in [-0.2, 0) is 9.53 Å². The molecule has 1 aromatic rings. The van der Waals surface area contributed by atoms with Gasteiger partial charge in [0.2, 0.25) is 0 Å². The number of ketones is 1. The van der Waals surface area contributed by atoms with E-state index in [4.69, 9.17) is 4.74 Å². The SMILES string of the molecule is CCOC1CC(NC(=O)c2cc(C(C)=O)cs2)(C(=O)O)C1(C)C. The molecule has 1 amide bonds. The van der Waals surface area contributed by atoms with Gasteiger partial charge in [0.15, 0.2) is 5.78 Å². The lowest BCUT2D eigenvalue weighted by molar-refractivity contribution is -0.190. The Bertz CT molecular complexity index is 651. The quantitative estimate of drug-likeness (QED) is 0.776. The Morgan fingerprint density at radius 1 is 1.43 bits per heavy atom. The summed E-state index contributed by atoms with van der Waals surface area (Å²) in [5.41, 5.74) is -1.65. The minimum atomic E-state index is -1.37. The molecule has 1 fully saturated rings. The Balaban J connectivity index is 2.22. The van der Waals surface area contributed by atoms with Crippen LogP contribution < -0.4 is 5.32 Å². The van der Waals surface area contributed by atoms with Gasteiger partial charge in [-0.2, -0.15) is 0 Å². The molecule has 1 aromatic heterocycles. The van der Waals surface area contributed by atoms with Gasteiger partial charge in [-0.1, -0.05) is 13.8 Å². The van der Waals surface area contributed by atoms with Crippen LogP contribution in [0.25, 0.3) is 0 Å². The van der Waals surface area contributed by atoms with E-state index >= 15 is 0 Å². The fourth-order valence-corrected chi connectivity index (χ4v) is 3.77. The van der Waals surface area contributed by atoms with Gasteiger partial charge in [-0.25, -0.2) is 4.79 Å². The lowest BCUT2D eigenvalue weighted by Crippen LogP contribution is -2.76. The number of rotatable bonds is 6. The van der Waals surface area contributed by atoms with E-state index in [1.807, 2.05) is 6.92 Å². The van der Waals surface area contributed by atoms with Crippen LogP contribution in [0.15, 0.2) is 11.4 Å². The average Bonchev–Trinajstić information content (AvgIpc) is 2.95. The monoisotopic (exact) mass is 339 g/mol. The topological polar surface area (TPSA) is 92.7 Å². The molecule has 2 N–H and O–H groups in total. The van der Waals surface area contributed by atoms with Crippen LogP contribution in [0.3, 0.4) is 0 Å². The van der Waals surface area contributed by atoms with Crippen molar-refractivity contribution in [1.29, 1.82) is 0 Å². The van der Waals surface area contributed by atoms with E-state index in [9.17, 15) is 19.5 Å². The molecule has 1 heterocycles. The highest BCUT2D eigenvalue weighted by Crippen LogP contribution is 2.51. The molecule has 2 unspecified atom stereocenters. The zero-order chi connectivity index (χ0) is 17.4. The van der Waals surface area contributed by atoms with Crippen molar-refractivity contribution < 1.29 is 24.2 Å². The largest absolute Gasteiger partial charge is 0.479 e. The zero-order valence-electron chi connectivity index (χ0n) is 13.6. The van der Waals surface area contributed by atoms with E-state index in [0.717, 1.165) is 11.3 Å². The predicted octanol–water partition coefficient (Wildman–Crippen LogP) is 2.34. The number of aliphatic carboxylic acids is 1. The van der Waals surface area contributed by atoms with Gasteiger partial charge in [0.25, 0.3) is 5.91 Å². The van der Waals surface area contributed by atoms with Crippen molar-refractivity contribution in [3.05, 3.63) is 21.9 Å². The maximum atomic E-state index is 12.4. The Morgan fingerprint density at radius 2 is 2.09 bits per heavy atom. The summed E-state index contributed by atoms with van der Waals surface area (Å²) in [6.45, 7) is 7.32. The molecular weight excluding hydrogens is 318 g/mol. The van der Waals surface area contributed by atoms with Crippen molar-refractivity contribution in [1.82, 2.24) is 5.32 Å². The molecule has 2 rings (SSSR count). The summed E-state index contributed by atoms with van der Waals surface area (Å²) < 4.78 is 5.56. The molecule has 0 aromatic carbocycles. The Kier molecular flexibility index (Phi) is 4.64. The van der Waals surface area contributed by atoms with Gasteiger partial charge in [-0.05, 0) is 19.9 Å². The lowest BCUT2D eigenvalue weighted by atomic mass is 9.54. The number of hydrogen-bond donors (Lipinski definition) is 2. The number of ether oxygens (including phenoxy) is 1.